The van der Waals surface area contributed by atoms with Gasteiger partial charge in [-0.2, -0.15) is 10.5 Å². The van der Waals surface area contributed by atoms with Crippen LogP contribution in [0, 0.1) is 22.7 Å². The molecule has 2 aliphatic rings. The van der Waals surface area contributed by atoms with Crippen LogP contribution < -0.4 is 9.80 Å². The van der Waals surface area contributed by atoms with Crippen molar-refractivity contribution in [2.75, 3.05) is 9.80 Å². The first-order chi connectivity index (χ1) is 33.1. The van der Waals surface area contributed by atoms with Crippen LogP contribution in [0.1, 0.15) is 33.4 Å². The fraction of sp³-hybridized carbons (Fsp3) is 0.0159. The number of para-hydroxylation sites is 2. The molecule has 0 heterocycles. The second-order valence-corrected chi connectivity index (χ2v) is 17.4. The smallest absolute Gasteiger partial charge is 0.101 e. The molecule has 1 unspecified atom stereocenters. The molecule has 67 heavy (non-hydrogen) atoms. The Morgan fingerprint density at radius 1 is 0.313 bits per heavy atom. The lowest BCUT2D eigenvalue weighted by Crippen LogP contribution is -2.32. The van der Waals surface area contributed by atoms with E-state index in [4.69, 9.17) is 0 Å². The molecule has 0 N–H and O–H groups in total. The maximum Gasteiger partial charge on any atom is 0.101 e. The van der Waals surface area contributed by atoms with Gasteiger partial charge in [-0.15, -0.1) is 0 Å². The van der Waals surface area contributed by atoms with Gasteiger partial charge in [0.05, 0.1) is 33.6 Å². The molecule has 0 amide bonds. The normalized spacial score (nSPS) is 14.0. The number of anilines is 6. The fourth-order valence-corrected chi connectivity index (χ4v) is 11.3. The summed E-state index contributed by atoms with van der Waals surface area (Å²) in [7, 11) is 0. The molecule has 4 nitrogen and oxygen atoms in total. The Hall–Kier alpha value is -9.22. The molecule has 2 aliphatic carbocycles. The maximum atomic E-state index is 10.6. The van der Waals surface area contributed by atoms with Crippen LogP contribution in [0.5, 0.6) is 0 Å². The predicted molar refractivity (Wildman–Crippen MR) is 274 cm³/mol. The zero-order valence-electron chi connectivity index (χ0n) is 36.2. The Balaban J connectivity index is 1.11. The molecule has 0 aromatic heterocycles. The lowest BCUT2D eigenvalue weighted by atomic mass is 9.61. The Kier molecular flexibility index (Phi) is 8.52. The van der Waals surface area contributed by atoms with Crippen LogP contribution in [0.3, 0.4) is 0 Å². The number of benzene rings is 11. The molecule has 11 aromatic rings. The summed E-state index contributed by atoms with van der Waals surface area (Å²) in [4.78, 5) is 4.52. The Labute approximate surface area is 388 Å². The van der Waals surface area contributed by atoms with Gasteiger partial charge in [-0.3, -0.25) is 0 Å². The largest absolute Gasteiger partial charge is 0.309 e. The number of hydrogen-bond acceptors (Lipinski definition) is 4. The number of rotatable bonds is 6. The van der Waals surface area contributed by atoms with Gasteiger partial charge in [0.1, 0.15) is 12.1 Å². The standard InChI is InChI=1S/C63H38N4/c64-39-45-18-5-11-26-59(45)66(47-30-28-41-14-1-3-16-43(41)36-47)49-32-33-52-50-20-7-9-23-55(50)63(58(52)38-49)56-24-10-8-21-51(56)53-34-35-61(54-22-13-25-57(63)62(53)54)67(60-27-12-6-19-46(60)40-65)48-31-29-42-15-2-4-17-44(42)37-48/h1-38H. The van der Waals surface area contributed by atoms with Crippen molar-refractivity contribution in [3.8, 4) is 34.4 Å². The van der Waals surface area contributed by atoms with Gasteiger partial charge in [-0.1, -0.05) is 164 Å². The third kappa shape index (κ3) is 5.58. The molecular weight excluding hydrogens is 813 g/mol. The molecule has 0 bridgehead atoms. The number of nitriles is 2. The van der Waals surface area contributed by atoms with E-state index in [9.17, 15) is 10.5 Å². The van der Waals surface area contributed by atoms with Crippen LogP contribution in [-0.2, 0) is 5.41 Å². The first-order valence-corrected chi connectivity index (χ1v) is 22.6. The van der Waals surface area contributed by atoms with E-state index in [1.54, 1.807) is 0 Å². The van der Waals surface area contributed by atoms with Crippen molar-refractivity contribution < 1.29 is 0 Å². The summed E-state index contributed by atoms with van der Waals surface area (Å²) in [6.45, 7) is 0. The third-order valence-corrected chi connectivity index (χ3v) is 14.1. The summed E-state index contributed by atoms with van der Waals surface area (Å²) >= 11 is 0. The Morgan fingerprint density at radius 3 is 1.42 bits per heavy atom. The summed E-state index contributed by atoms with van der Waals surface area (Å²) in [6.07, 6.45) is 0. The van der Waals surface area contributed by atoms with Gasteiger partial charge in [-0.25, -0.2) is 0 Å². The first kappa shape index (κ1) is 38.3. The average molecular weight is 851 g/mol. The summed E-state index contributed by atoms with van der Waals surface area (Å²) in [5.41, 5.74) is 15.6. The van der Waals surface area contributed by atoms with Crippen LogP contribution in [0.2, 0.25) is 0 Å². The molecule has 1 atom stereocenters. The van der Waals surface area contributed by atoms with Gasteiger partial charge in [0.25, 0.3) is 0 Å². The zero-order chi connectivity index (χ0) is 44.6. The molecule has 4 heteroatoms. The summed E-state index contributed by atoms with van der Waals surface area (Å²) < 4.78 is 0. The summed E-state index contributed by atoms with van der Waals surface area (Å²) in [6, 6.07) is 86.8. The second kappa shape index (κ2) is 14.9. The van der Waals surface area contributed by atoms with Gasteiger partial charge in [0, 0.05) is 22.4 Å². The van der Waals surface area contributed by atoms with Crippen molar-refractivity contribution in [3.05, 3.63) is 264 Å². The number of nitrogens with zero attached hydrogens (tertiary/aromatic N) is 4. The van der Waals surface area contributed by atoms with Crippen molar-refractivity contribution in [1.82, 2.24) is 0 Å². The van der Waals surface area contributed by atoms with Gasteiger partial charge in [0.15, 0.2) is 0 Å². The number of fused-ring (bicyclic) bond motifs is 11. The molecule has 0 saturated carbocycles. The molecule has 0 aliphatic heterocycles. The van der Waals surface area contributed by atoms with E-state index < -0.39 is 5.41 Å². The number of hydrogen-bond donors (Lipinski definition) is 0. The molecule has 0 saturated heterocycles. The van der Waals surface area contributed by atoms with Crippen molar-refractivity contribution in [1.29, 1.82) is 10.5 Å². The van der Waals surface area contributed by atoms with Gasteiger partial charge in [0.2, 0.25) is 0 Å². The Bertz CT molecular complexity index is 3950. The van der Waals surface area contributed by atoms with Crippen molar-refractivity contribution >= 4 is 66.4 Å². The second-order valence-electron chi connectivity index (χ2n) is 17.4. The molecule has 11 aromatic carbocycles. The van der Waals surface area contributed by atoms with Crippen molar-refractivity contribution in [2.45, 2.75) is 5.41 Å². The topological polar surface area (TPSA) is 54.1 Å². The lowest BCUT2D eigenvalue weighted by Gasteiger charge is -2.41. The van der Waals surface area contributed by atoms with E-state index in [-0.39, 0.29) is 0 Å². The van der Waals surface area contributed by atoms with Crippen LogP contribution in [0.15, 0.2) is 231 Å². The zero-order valence-corrected chi connectivity index (χ0v) is 36.2. The minimum atomic E-state index is -0.716. The molecule has 13 rings (SSSR count). The summed E-state index contributed by atoms with van der Waals surface area (Å²) in [5.74, 6) is 0. The molecule has 310 valence electrons. The van der Waals surface area contributed by atoms with Crippen LogP contribution in [0.4, 0.5) is 34.1 Å². The van der Waals surface area contributed by atoms with Crippen molar-refractivity contribution in [3.63, 3.8) is 0 Å². The highest BCUT2D eigenvalue weighted by Crippen LogP contribution is 2.63. The third-order valence-electron chi connectivity index (χ3n) is 14.1. The van der Waals surface area contributed by atoms with Crippen LogP contribution >= 0.6 is 0 Å². The highest BCUT2D eigenvalue weighted by molar-refractivity contribution is 6.13. The van der Waals surface area contributed by atoms with E-state index in [0.717, 1.165) is 61.1 Å². The van der Waals surface area contributed by atoms with Crippen LogP contribution in [0.25, 0.3) is 54.6 Å². The SMILES string of the molecule is N#Cc1ccccc1N(c1ccc2c(c1)C1(c3ccccc3-2)c2ccccc2-c2ccc(N(c3ccc4ccccc4c3)c3ccccc3C#N)c3cccc1c23)c1ccc2ccccc2c1. The van der Waals surface area contributed by atoms with Gasteiger partial charge in [-0.05, 0) is 138 Å². The minimum absolute atomic E-state index is 0.595. The fourth-order valence-electron chi connectivity index (χ4n) is 11.3. The minimum Gasteiger partial charge on any atom is -0.309 e. The molecule has 0 fully saturated rings. The summed E-state index contributed by atoms with van der Waals surface area (Å²) in [5, 5.41) is 28.0. The monoisotopic (exact) mass is 850 g/mol. The maximum absolute atomic E-state index is 10.6. The average Bonchev–Trinajstić information content (AvgIpc) is 3.68. The first-order valence-electron chi connectivity index (χ1n) is 22.6. The quantitative estimate of drug-likeness (QED) is 0.167. The van der Waals surface area contributed by atoms with E-state index in [2.05, 4.69) is 210 Å². The Morgan fingerprint density at radius 2 is 0.776 bits per heavy atom. The highest BCUT2D eigenvalue weighted by atomic mass is 15.2. The van der Waals surface area contributed by atoms with E-state index in [1.165, 1.54) is 49.9 Å². The van der Waals surface area contributed by atoms with E-state index >= 15 is 0 Å². The molecule has 1 spiro atoms. The lowest BCUT2D eigenvalue weighted by molar-refractivity contribution is 0.773. The predicted octanol–water partition coefficient (Wildman–Crippen LogP) is 16.2. The van der Waals surface area contributed by atoms with E-state index in [0.29, 0.717) is 11.1 Å². The molecule has 0 radical (unpaired) electrons. The van der Waals surface area contributed by atoms with Crippen LogP contribution in [-0.4, -0.2) is 0 Å². The van der Waals surface area contributed by atoms with E-state index in [1.807, 2.05) is 42.5 Å². The molecular formula is C63H38N4. The van der Waals surface area contributed by atoms with Gasteiger partial charge < -0.3 is 9.80 Å². The van der Waals surface area contributed by atoms with Crippen molar-refractivity contribution in [2.24, 2.45) is 0 Å². The highest BCUT2D eigenvalue weighted by Gasteiger charge is 2.50. The van der Waals surface area contributed by atoms with Gasteiger partial charge >= 0.3 is 0 Å².